The van der Waals surface area contributed by atoms with Crippen LogP contribution in [0.25, 0.3) is 0 Å². The Bertz CT molecular complexity index is 1110. The maximum atomic E-state index is 13.3. The molecule has 2 rings (SSSR count). The molecular weight excluding hydrogens is 490 g/mol. The Morgan fingerprint density at radius 1 is 1.24 bits per heavy atom. The van der Waals surface area contributed by atoms with E-state index in [0.717, 1.165) is 22.6 Å². The number of hydrogen-bond acceptors (Lipinski definition) is 4. The first-order valence-corrected chi connectivity index (χ1v) is 11.3. The number of hydrogen-bond donors (Lipinski definition) is 2. The molecular formula is C24H24ClF4N3OS. The third-order valence-electron chi connectivity index (χ3n) is 4.29. The van der Waals surface area contributed by atoms with Crippen molar-refractivity contribution < 1.29 is 22.3 Å². The van der Waals surface area contributed by atoms with E-state index in [4.69, 9.17) is 27.9 Å². The smallest absolute Gasteiger partial charge is 0.416 e. The second-order valence-electron chi connectivity index (χ2n) is 7.23. The Kier molecular flexibility index (Phi) is 10.1. The van der Waals surface area contributed by atoms with Gasteiger partial charge in [-0.3, -0.25) is 0 Å². The fraction of sp³-hybridized carbons (Fsp3) is 0.208. The first-order valence-electron chi connectivity index (χ1n) is 9.98. The molecule has 34 heavy (non-hydrogen) atoms. The lowest BCUT2D eigenvalue weighted by Crippen LogP contribution is -2.17. The number of thioether (sulfide) groups is 1. The molecule has 0 aliphatic heterocycles. The molecule has 0 aliphatic carbocycles. The highest BCUT2D eigenvalue weighted by Gasteiger charge is 2.31. The van der Waals surface area contributed by atoms with E-state index in [1.807, 2.05) is 12.2 Å². The van der Waals surface area contributed by atoms with E-state index >= 15 is 0 Å². The summed E-state index contributed by atoms with van der Waals surface area (Å²) in [5, 5.41) is 3.52. The largest absolute Gasteiger partial charge is 0.456 e. The van der Waals surface area contributed by atoms with Gasteiger partial charge in [-0.2, -0.15) is 18.3 Å². The van der Waals surface area contributed by atoms with E-state index in [-0.39, 0.29) is 40.2 Å². The molecule has 2 aromatic rings. The molecule has 4 N–H and O–H groups in total. The van der Waals surface area contributed by atoms with E-state index in [1.54, 1.807) is 18.2 Å². The second kappa shape index (κ2) is 12.5. The molecule has 0 amide bonds. The lowest BCUT2D eigenvalue weighted by atomic mass is 10.1. The van der Waals surface area contributed by atoms with Crippen LogP contribution in [-0.2, 0) is 12.6 Å². The number of amidine groups is 1. The zero-order chi connectivity index (χ0) is 25.3. The number of alkyl halides is 3. The molecule has 0 aliphatic rings. The van der Waals surface area contributed by atoms with Gasteiger partial charge in [0.05, 0.1) is 16.4 Å². The van der Waals surface area contributed by atoms with Gasteiger partial charge in [0.2, 0.25) is 0 Å². The van der Waals surface area contributed by atoms with Crippen molar-refractivity contribution in [1.29, 1.82) is 0 Å². The van der Waals surface area contributed by atoms with Crippen LogP contribution in [0.15, 0.2) is 82.6 Å². The monoisotopic (exact) mass is 513 g/mol. The molecule has 0 unspecified atom stereocenters. The fourth-order valence-corrected chi connectivity index (χ4v) is 3.81. The number of benzene rings is 2. The van der Waals surface area contributed by atoms with Gasteiger partial charge in [-0.1, -0.05) is 30.3 Å². The van der Waals surface area contributed by atoms with Crippen molar-refractivity contribution in [3.05, 3.63) is 88.8 Å². The number of ether oxygens (including phenoxy) is 1. The van der Waals surface area contributed by atoms with Crippen LogP contribution in [0.2, 0.25) is 5.02 Å². The van der Waals surface area contributed by atoms with E-state index in [0.29, 0.717) is 12.2 Å². The number of allylic oxidation sites excluding steroid dienone is 4. The Labute approximate surface area is 205 Å². The Balaban J connectivity index is 2.12. The number of halogens is 5. The van der Waals surface area contributed by atoms with Gasteiger partial charge >= 0.3 is 6.18 Å². The third-order valence-corrected chi connectivity index (χ3v) is 5.69. The summed E-state index contributed by atoms with van der Waals surface area (Å²) in [5.74, 6) is 5.56. The highest BCUT2D eigenvalue weighted by atomic mass is 35.5. The molecule has 0 aromatic heterocycles. The molecule has 0 heterocycles. The molecule has 0 atom stereocenters. The summed E-state index contributed by atoms with van der Waals surface area (Å²) >= 11 is 7.78. The summed E-state index contributed by atoms with van der Waals surface area (Å²) in [4.78, 5) is 0.822. The minimum atomic E-state index is -4.58. The van der Waals surface area contributed by atoms with Crippen LogP contribution in [0.1, 0.15) is 24.5 Å². The van der Waals surface area contributed by atoms with Crippen LogP contribution in [0.4, 0.5) is 17.6 Å². The van der Waals surface area contributed by atoms with Crippen LogP contribution < -0.4 is 16.3 Å². The molecule has 0 saturated heterocycles. The Hall–Kier alpha value is -2.91. The Morgan fingerprint density at radius 3 is 2.59 bits per heavy atom. The van der Waals surface area contributed by atoms with E-state index in [1.165, 1.54) is 30.8 Å². The highest BCUT2D eigenvalue weighted by molar-refractivity contribution is 7.99. The predicted octanol–water partition coefficient (Wildman–Crippen LogP) is 7.39. The highest BCUT2D eigenvalue weighted by Crippen LogP contribution is 2.37. The standard InChI is InChI=1S/C24H24ClF4N3OS/c1-15(5-3-4-6-16(2)26)14-34-20-7-8-22(21(25)13-20)33-19-10-17(11-23(30)32-31)9-18(12-19)24(27,28)29/h3,5-10,12-13H,1,4,11,14,31H2,2H3,(H2,30,32)/b5-3?,16-6+. The molecule has 182 valence electrons. The van der Waals surface area contributed by atoms with Crippen molar-refractivity contribution in [2.45, 2.75) is 30.8 Å². The summed E-state index contributed by atoms with van der Waals surface area (Å²) < 4.78 is 58.3. The zero-order valence-corrected chi connectivity index (χ0v) is 19.9. The van der Waals surface area contributed by atoms with Crippen LogP contribution in [0, 0.1) is 0 Å². The van der Waals surface area contributed by atoms with Crippen LogP contribution in [0.5, 0.6) is 11.5 Å². The molecule has 2 aromatic carbocycles. The van der Waals surface area contributed by atoms with E-state index in [2.05, 4.69) is 11.7 Å². The maximum absolute atomic E-state index is 13.3. The summed E-state index contributed by atoms with van der Waals surface area (Å²) in [6, 6.07) is 8.24. The number of rotatable bonds is 10. The third kappa shape index (κ3) is 9.15. The van der Waals surface area contributed by atoms with Crippen molar-refractivity contribution in [3.63, 3.8) is 0 Å². The Morgan fingerprint density at radius 2 is 1.97 bits per heavy atom. The van der Waals surface area contributed by atoms with Crippen molar-refractivity contribution in [2.75, 3.05) is 5.75 Å². The molecule has 0 saturated carbocycles. The van der Waals surface area contributed by atoms with Crippen LogP contribution in [-0.4, -0.2) is 11.6 Å². The maximum Gasteiger partial charge on any atom is 0.416 e. The van der Waals surface area contributed by atoms with Gasteiger partial charge in [-0.05, 0) is 67.0 Å². The molecule has 0 bridgehead atoms. The van der Waals surface area contributed by atoms with Gasteiger partial charge in [0, 0.05) is 17.1 Å². The fourth-order valence-electron chi connectivity index (χ4n) is 2.71. The first-order chi connectivity index (χ1) is 16.0. The van der Waals surface area contributed by atoms with Gasteiger partial charge in [0.25, 0.3) is 0 Å². The van der Waals surface area contributed by atoms with Crippen molar-refractivity contribution in [2.24, 2.45) is 16.7 Å². The van der Waals surface area contributed by atoms with Gasteiger partial charge in [-0.25, -0.2) is 4.39 Å². The number of hydrazone groups is 1. The summed E-state index contributed by atoms with van der Waals surface area (Å²) in [7, 11) is 0. The second-order valence-corrected chi connectivity index (χ2v) is 8.69. The van der Waals surface area contributed by atoms with Gasteiger partial charge in [0.15, 0.2) is 0 Å². The summed E-state index contributed by atoms with van der Waals surface area (Å²) in [6.07, 6.45) is 0.925. The molecule has 0 radical (unpaired) electrons. The topological polar surface area (TPSA) is 73.6 Å². The zero-order valence-electron chi connectivity index (χ0n) is 18.3. The van der Waals surface area contributed by atoms with Crippen LogP contribution in [0.3, 0.4) is 0 Å². The molecule has 10 heteroatoms. The molecule has 0 spiro atoms. The van der Waals surface area contributed by atoms with Crippen LogP contribution >= 0.6 is 23.4 Å². The minimum Gasteiger partial charge on any atom is -0.456 e. The lowest BCUT2D eigenvalue weighted by Gasteiger charge is -2.14. The molecule has 4 nitrogen and oxygen atoms in total. The lowest BCUT2D eigenvalue weighted by molar-refractivity contribution is -0.137. The quantitative estimate of drug-likeness (QED) is 0.0660. The van der Waals surface area contributed by atoms with Gasteiger partial charge < -0.3 is 16.3 Å². The number of nitrogens with zero attached hydrogens (tertiary/aromatic N) is 1. The molecule has 0 fully saturated rings. The minimum absolute atomic E-state index is 0.0184. The first kappa shape index (κ1) is 27.3. The average Bonchev–Trinajstić information content (AvgIpc) is 2.76. The predicted molar refractivity (Wildman–Crippen MR) is 131 cm³/mol. The van der Waals surface area contributed by atoms with Crippen molar-refractivity contribution in [3.8, 4) is 11.5 Å². The van der Waals surface area contributed by atoms with Gasteiger partial charge in [-0.15, -0.1) is 11.8 Å². The van der Waals surface area contributed by atoms with E-state index < -0.39 is 11.7 Å². The van der Waals surface area contributed by atoms with Crippen molar-refractivity contribution in [1.82, 2.24) is 0 Å². The SMILES string of the molecule is C=C(C=CC/C=C(\C)F)CSc1ccc(Oc2cc(C/C(N)=N/N)cc(C(F)(F)F)c2)c(Cl)c1. The van der Waals surface area contributed by atoms with Gasteiger partial charge in [0.1, 0.15) is 17.3 Å². The summed E-state index contributed by atoms with van der Waals surface area (Å²) in [6.45, 7) is 5.33. The summed E-state index contributed by atoms with van der Waals surface area (Å²) in [5.41, 5.74) is 5.74. The normalized spacial score (nSPS) is 12.9. The number of nitrogens with two attached hydrogens (primary N) is 2. The average molecular weight is 514 g/mol. The van der Waals surface area contributed by atoms with Crippen molar-refractivity contribution >= 4 is 29.2 Å². The van der Waals surface area contributed by atoms with E-state index in [9.17, 15) is 17.6 Å².